The van der Waals surface area contributed by atoms with E-state index in [9.17, 15) is 0 Å². The molecule has 160 valence electrons. The first kappa shape index (κ1) is 26.5. The van der Waals surface area contributed by atoms with Gasteiger partial charge in [-0.1, -0.05) is 147 Å². The lowest BCUT2D eigenvalue weighted by molar-refractivity contribution is 0.557. The zero-order valence-electron chi connectivity index (χ0n) is 19.2. The molecule has 0 aliphatic heterocycles. The largest absolute Gasteiger partial charge is 0.0845 e. The molecule has 0 unspecified atom stereocenters. The van der Waals surface area contributed by atoms with Crippen LogP contribution in [0.15, 0.2) is 24.3 Å². The average Bonchev–Trinajstić information content (AvgIpc) is 2.68. The zero-order chi connectivity index (χ0) is 19.7. The Balaban J connectivity index is 3.14. The lowest BCUT2D eigenvalue weighted by Crippen LogP contribution is -1.81. The molecule has 0 N–H and O–H groups in total. The van der Waals surface area contributed by atoms with Gasteiger partial charge in [-0.25, -0.2) is 0 Å². The molecule has 0 heteroatoms. The van der Waals surface area contributed by atoms with Gasteiger partial charge in [0, 0.05) is 0 Å². The summed E-state index contributed by atoms with van der Waals surface area (Å²) >= 11 is 0. The van der Waals surface area contributed by atoms with Crippen LogP contribution in [-0.2, 0) is 0 Å². The monoisotopic (exact) mass is 376 g/mol. The van der Waals surface area contributed by atoms with Crippen LogP contribution >= 0.6 is 0 Å². The highest BCUT2D eigenvalue weighted by atomic mass is 14.0. The van der Waals surface area contributed by atoms with Crippen molar-refractivity contribution in [2.45, 2.75) is 149 Å². The Bertz CT molecular complexity index is 299. The fourth-order valence-electron chi connectivity index (χ4n) is 3.67. The molecular formula is C27H52. The molecule has 0 amide bonds. The predicted octanol–water partition coefficient (Wildman–Crippen LogP) is 10.3. The van der Waals surface area contributed by atoms with Crippen LogP contribution < -0.4 is 0 Å². The third-order valence-corrected chi connectivity index (χ3v) is 5.58. The molecule has 27 heavy (non-hydrogen) atoms. The first-order chi connectivity index (χ1) is 13.4. The summed E-state index contributed by atoms with van der Waals surface area (Å²) in [6, 6.07) is 0. The van der Waals surface area contributed by atoms with Crippen molar-refractivity contribution in [3.05, 3.63) is 24.3 Å². The van der Waals surface area contributed by atoms with E-state index in [-0.39, 0.29) is 0 Å². The van der Waals surface area contributed by atoms with E-state index in [1.165, 1.54) is 135 Å². The van der Waals surface area contributed by atoms with Crippen molar-refractivity contribution in [3.8, 4) is 0 Å². The van der Waals surface area contributed by atoms with Gasteiger partial charge in [-0.05, 0) is 25.7 Å². The standard InChI is InChI=1S/C27H52/c1-3-5-7-9-11-13-15-17-19-21-23-25-27-26-24-22-20-18-16-14-12-10-8-6-4-2/h23,25-27H,3-22,24H2,1-2H3. The molecule has 0 bridgehead atoms. The molecule has 0 radical (unpaired) electrons. The normalized spacial score (nSPS) is 11.9. The molecule has 0 rings (SSSR count). The fraction of sp³-hybridized carbons (Fsp3) is 0.852. The second-order valence-electron chi connectivity index (χ2n) is 8.44. The highest BCUT2D eigenvalue weighted by Crippen LogP contribution is 2.12. The Morgan fingerprint density at radius 2 is 0.593 bits per heavy atom. The Morgan fingerprint density at radius 1 is 0.333 bits per heavy atom. The Labute approximate surface area is 173 Å². The first-order valence-electron chi connectivity index (χ1n) is 12.7. The van der Waals surface area contributed by atoms with Crippen LogP contribution in [0.1, 0.15) is 149 Å². The van der Waals surface area contributed by atoms with Gasteiger partial charge in [0.2, 0.25) is 0 Å². The molecule has 0 atom stereocenters. The SMILES string of the molecule is CCCCCCCCCCCC=CC=CCCCCCCCCCCCC. The summed E-state index contributed by atoms with van der Waals surface area (Å²) in [6.45, 7) is 4.59. The van der Waals surface area contributed by atoms with Gasteiger partial charge in [-0.15, -0.1) is 0 Å². The lowest BCUT2D eigenvalue weighted by atomic mass is 10.1. The van der Waals surface area contributed by atoms with Crippen molar-refractivity contribution in [2.75, 3.05) is 0 Å². The molecule has 0 nitrogen and oxygen atoms in total. The smallest absolute Gasteiger partial charge is 0.0348 e. The van der Waals surface area contributed by atoms with E-state index in [4.69, 9.17) is 0 Å². The van der Waals surface area contributed by atoms with Gasteiger partial charge in [0.05, 0.1) is 0 Å². The summed E-state index contributed by atoms with van der Waals surface area (Å²) in [6.07, 6.45) is 38.9. The summed E-state index contributed by atoms with van der Waals surface area (Å²) in [5.74, 6) is 0. The zero-order valence-corrected chi connectivity index (χ0v) is 19.2. The van der Waals surface area contributed by atoms with Gasteiger partial charge < -0.3 is 0 Å². The Morgan fingerprint density at radius 3 is 0.889 bits per heavy atom. The number of hydrogen-bond acceptors (Lipinski definition) is 0. The van der Waals surface area contributed by atoms with Crippen LogP contribution in [0.5, 0.6) is 0 Å². The fourth-order valence-corrected chi connectivity index (χ4v) is 3.67. The number of allylic oxidation sites excluding steroid dienone is 4. The molecule has 0 saturated heterocycles. The van der Waals surface area contributed by atoms with Crippen molar-refractivity contribution >= 4 is 0 Å². The van der Waals surface area contributed by atoms with Gasteiger partial charge in [-0.3, -0.25) is 0 Å². The van der Waals surface area contributed by atoms with E-state index in [2.05, 4.69) is 38.2 Å². The van der Waals surface area contributed by atoms with E-state index in [1.807, 2.05) is 0 Å². The second kappa shape index (κ2) is 25.5. The highest BCUT2D eigenvalue weighted by Gasteiger charge is 1.92. The number of unbranched alkanes of at least 4 members (excludes halogenated alkanes) is 19. The van der Waals surface area contributed by atoms with Gasteiger partial charge in [-0.2, -0.15) is 0 Å². The van der Waals surface area contributed by atoms with Crippen LogP contribution in [0.2, 0.25) is 0 Å². The molecular weight excluding hydrogens is 324 g/mol. The predicted molar refractivity (Wildman–Crippen MR) is 127 cm³/mol. The highest BCUT2D eigenvalue weighted by molar-refractivity contribution is 5.02. The molecule has 0 aliphatic rings. The van der Waals surface area contributed by atoms with E-state index in [1.54, 1.807) is 0 Å². The minimum atomic E-state index is 1.26. The van der Waals surface area contributed by atoms with Crippen molar-refractivity contribution in [2.24, 2.45) is 0 Å². The quantitative estimate of drug-likeness (QED) is 0.130. The lowest BCUT2D eigenvalue weighted by Gasteiger charge is -2.01. The minimum Gasteiger partial charge on any atom is -0.0845 e. The van der Waals surface area contributed by atoms with E-state index < -0.39 is 0 Å². The van der Waals surface area contributed by atoms with Crippen LogP contribution in [0.3, 0.4) is 0 Å². The van der Waals surface area contributed by atoms with Crippen LogP contribution in [0.25, 0.3) is 0 Å². The Hall–Kier alpha value is -0.520. The van der Waals surface area contributed by atoms with Crippen molar-refractivity contribution in [1.82, 2.24) is 0 Å². The molecule has 0 aromatic carbocycles. The van der Waals surface area contributed by atoms with E-state index in [0.29, 0.717) is 0 Å². The molecule has 0 aromatic rings. The topological polar surface area (TPSA) is 0 Å². The number of hydrogen-bond donors (Lipinski definition) is 0. The molecule has 0 spiro atoms. The maximum absolute atomic E-state index is 2.36. The number of rotatable bonds is 22. The van der Waals surface area contributed by atoms with Gasteiger partial charge in [0.1, 0.15) is 0 Å². The summed E-state index contributed by atoms with van der Waals surface area (Å²) in [7, 11) is 0. The Kier molecular flexibility index (Phi) is 25.0. The second-order valence-corrected chi connectivity index (χ2v) is 8.44. The molecule has 0 aromatic heterocycles. The summed E-state index contributed by atoms with van der Waals surface area (Å²) in [5.41, 5.74) is 0. The molecule has 0 heterocycles. The van der Waals surface area contributed by atoms with Gasteiger partial charge in [0.15, 0.2) is 0 Å². The maximum Gasteiger partial charge on any atom is -0.0348 e. The third-order valence-electron chi connectivity index (χ3n) is 5.58. The maximum atomic E-state index is 2.36. The van der Waals surface area contributed by atoms with Gasteiger partial charge >= 0.3 is 0 Å². The van der Waals surface area contributed by atoms with Crippen LogP contribution in [0, 0.1) is 0 Å². The molecule has 0 fully saturated rings. The van der Waals surface area contributed by atoms with Crippen molar-refractivity contribution in [3.63, 3.8) is 0 Å². The summed E-state index contributed by atoms with van der Waals surface area (Å²) in [5, 5.41) is 0. The van der Waals surface area contributed by atoms with E-state index in [0.717, 1.165) is 0 Å². The van der Waals surface area contributed by atoms with Crippen molar-refractivity contribution in [1.29, 1.82) is 0 Å². The van der Waals surface area contributed by atoms with Crippen LogP contribution in [0.4, 0.5) is 0 Å². The molecule has 0 aliphatic carbocycles. The average molecular weight is 377 g/mol. The summed E-state index contributed by atoms with van der Waals surface area (Å²) in [4.78, 5) is 0. The third kappa shape index (κ3) is 25.5. The minimum absolute atomic E-state index is 1.26. The van der Waals surface area contributed by atoms with Gasteiger partial charge in [0.25, 0.3) is 0 Å². The van der Waals surface area contributed by atoms with Crippen LogP contribution in [-0.4, -0.2) is 0 Å². The summed E-state index contributed by atoms with van der Waals surface area (Å²) < 4.78 is 0. The van der Waals surface area contributed by atoms with Crippen molar-refractivity contribution < 1.29 is 0 Å². The molecule has 0 saturated carbocycles. The van der Waals surface area contributed by atoms with E-state index >= 15 is 0 Å². The first-order valence-corrected chi connectivity index (χ1v) is 12.7.